The lowest BCUT2D eigenvalue weighted by Crippen LogP contribution is -2.41. The summed E-state index contributed by atoms with van der Waals surface area (Å²) in [5.41, 5.74) is 5.20. The number of piperidine rings is 1. The van der Waals surface area contributed by atoms with E-state index < -0.39 is 6.09 Å². The topological polar surface area (TPSA) is 70.4 Å². The molecule has 0 bridgehead atoms. The highest BCUT2D eigenvalue weighted by atomic mass is 16.4. The van der Waals surface area contributed by atoms with E-state index in [9.17, 15) is 9.90 Å². The number of hydrogen-bond acceptors (Lipinski definition) is 3. The first-order valence-electron chi connectivity index (χ1n) is 11.4. The van der Waals surface area contributed by atoms with E-state index in [1.807, 2.05) is 19.1 Å². The first-order chi connectivity index (χ1) is 15.1. The van der Waals surface area contributed by atoms with Crippen molar-refractivity contribution in [3.8, 4) is 0 Å². The number of anilines is 1. The molecule has 3 heterocycles. The standard InChI is InChI=1S/C25H30N4O2/c1-17-10-11-20-21(29(17)25(30)31)12-13-22-24(20)27-23(15-18-7-3-2-4-8-18)28(22)16-19-9-5-6-14-26-19/h2-4,7-8,12-13,17,19,26H,5-6,9-11,14-16H2,1H3,(H,30,31)/t17-,19+/m0/s1. The molecule has 1 amide bonds. The van der Waals surface area contributed by atoms with Crippen LogP contribution in [0.2, 0.25) is 0 Å². The Hall–Kier alpha value is -2.86. The van der Waals surface area contributed by atoms with E-state index in [1.165, 1.54) is 29.7 Å². The zero-order valence-corrected chi connectivity index (χ0v) is 18.1. The number of rotatable bonds is 4. The maximum Gasteiger partial charge on any atom is 0.412 e. The predicted octanol–water partition coefficient (Wildman–Crippen LogP) is 4.59. The molecule has 1 aromatic heterocycles. The van der Waals surface area contributed by atoms with Gasteiger partial charge < -0.3 is 15.0 Å². The van der Waals surface area contributed by atoms with Crippen LogP contribution >= 0.6 is 0 Å². The monoisotopic (exact) mass is 418 g/mol. The predicted molar refractivity (Wildman–Crippen MR) is 123 cm³/mol. The van der Waals surface area contributed by atoms with Crippen LogP contribution in [0.4, 0.5) is 10.5 Å². The highest BCUT2D eigenvalue weighted by Crippen LogP contribution is 2.36. The molecule has 0 spiro atoms. The maximum atomic E-state index is 11.9. The van der Waals surface area contributed by atoms with Crippen molar-refractivity contribution >= 4 is 22.8 Å². The summed E-state index contributed by atoms with van der Waals surface area (Å²) in [5, 5.41) is 13.5. The number of nitrogens with one attached hydrogen (secondary N) is 1. The molecular formula is C25H30N4O2. The number of aromatic nitrogens is 2. The number of benzene rings is 2. The molecule has 1 fully saturated rings. The normalized spacial score (nSPS) is 21.3. The number of carboxylic acid groups (broad SMARTS) is 1. The molecule has 2 atom stereocenters. The van der Waals surface area contributed by atoms with E-state index >= 15 is 0 Å². The average Bonchev–Trinajstić information content (AvgIpc) is 3.11. The van der Waals surface area contributed by atoms with Gasteiger partial charge >= 0.3 is 6.09 Å². The molecule has 6 nitrogen and oxygen atoms in total. The van der Waals surface area contributed by atoms with Crippen molar-refractivity contribution in [2.24, 2.45) is 0 Å². The number of amides is 1. The van der Waals surface area contributed by atoms with Crippen molar-refractivity contribution in [1.82, 2.24) is 14.9 Å². The fourth-order valence-electron chi connectivity index (χ4n) is 5.19. The molecule has 2 aliphatic rings. The number of hydrogen-bond donors (Lipinski definition) is 2. The Kier molecular flexibility index (Phi) is 5.40. The third kappa shape index (κ3) is 3.81. The van der Waals surface area contributed by atoms with Gasteiger partial charge in [0.15, 0.2) is 0 Å². The zero-order chi connectivity index (χ0) is 21.4. The second kappa shape index (κ2) is 8.35. The van der Waals surface area contributed by atoms with Crippen LogP contribution in [0.15, 0.2) is 42.5 Å². The molecule has 0 aliphatic carbocycles. The summed E-state index contributed by atoms with van der Waals surface area (Å²) in [5.74, 6) is 1.06. The highest BCUT2D eigenvalue weighted by Gasteiger charge is 2.31. The molecule has 5 rings (SSSR count). The minimum absolute atomic E-state index is 0.0141. The Morgan fingerprint density at radius 3 is 2.74 bits per heavy atom. The van der Waals surface area contributed by atoms with Crippen LogP contribution in [-0.4, -0.2) is 39.4 Å². The molecule has 0 unspecified atom stereocenters. The minimum Gasteiger partial charge on any atom is -0.465 e. The number of nitrogens with zero attached hydrogens (tertiary/aromatic N) is 3. The Labute approximate surface area is 182 Å². The van der Waals surface area contributed by atoms with Gasteiger partial charge in [-0.15, -0.1) is 0 Å². The van der Waals surface area contributed by atoms with Crippen molar-refractivity contribution in [1.29, 1.82) is 0 Å². The molecule has 1 saturated heterocycles. The Bertz CT molecular complexity index is 1090. The second-order valence-electron chi connectivity index (χ2n) is 8.92. The van der Waals surface area contributed by atoms with Gasteiger partial charge in [-0.1, -0.05) is 36.8 Å². The van der Waals surface area contributed by atoms with E-state index in [0.717, 1.165) is 60.5 Å². The van der Waals surface area contributed by atoms with Crippen LogP contribution in [-0.2, 0) is 19.4 Å². The maximum absolute atomic E-state index is 11.9. The van der Waals surface area contributed by atoms with Gasteiger partial charge in [0.2, 0.25) is 0 Å². The van der Waals surface area contributed by atoms with E-state index in [0.29, 0.717) is 6.04 Å². The van der Waals surface area contributed by atoms with Gasteiger partial charge in [0.25, 0.3) is 0 Å². The van der Waals surface area contributed by atoms with E-state index in [1.54, 1.807) is 0 Å². The fourth-order valence-corrected chi connectivity index (χ4v) is 5.19. The average molecular weight is 419 g/mol. The van der Waals surface area contributed by atoms with E-state index in [2.05, 4.69) is 40.2 Å². The summed E-state index contributed by atoms with van der Waals surface area (Å²) in [4.78, 5) is 18.6. The van der Waals surface area contributed by atoms with Gasteiger partial charge in [-0.25, -0.2) is 9.78 Å². The number of carbonyl (C=O) groups is 1. The van der Waals surface area contributed by atoms with Crippen molar-refractivity contribution in [2.75, 3.05) is 11.4 Å². The first kappa shape index (κ1) is 20.1. The third-order valence-electron chi connectivity index (χ3n) is 6.82. The van der Waals surface area contributed by atoms with Crippen LogP contribution in [0.25, 0.3) is 11.0 Å². The molecule has 2 aromatic carbocycles. The summed E-state index contributed by atoms with van der Waals surface area (Å²) in [6, 6.07) is 15.0. The van der Waals surface area contributed by atoms with Gasteiger partial charge in [-0.05, 0) is 56.8 Å². The molecule has 162 valence electrons. The number of fused-ring (bicyclic) bond motifs is 3. The molecule has 3 aromatic rings. The van der Waals surface area contributed by atoms with Gasteiger partial charge in [-0.3, -0.25) is 4.90 Å². The van der Waals surface area contributed by atoms with Crippen LogP contribution in [0.1, 0.15) is 49.6 Å². The second-order valence-corrected chi connectivity index (χ2v) is 8.92. The molecule has 31 heavy (non-hydrogen) atoms. The van der Waals surface area contributed by atoms with Crippen molar-refractivity contribution in [2.45, 2.75) is 64.1 Å². The van der Waals surface area contributed by atoms with Crippen LogP contribution < -0.4 is 10.2 Å². The smallest absolute Gasteiger partial charge is 0.412 e. The lowest BCUT2D eigenvalue weighted by molar-refractivity contribution is 0.198. The van der Waals surface area contributed by atoms with Crippen LogP contribution in [0.3, 0.4) is 0 Å². The fraction of sp³-hybridized carbons (Fsp3) is 0.440. The lowest BCUT2D eigenvalue weighted by atomic mass is 9.95. The summed E-state index contributed by atoms with van der Waals surface area (Å²) in [6.07, 6.45) is 5.26. The first-order valence-corrected chi connectivity index (χ1v) is 11.4. The van der Waals surface area contributed by atoms with E-state index in [-0.39, 0.29) is 6.04 Å². The summed E-state index contributed by atoms with van der Waals surface area (Å²) in [7, 11) is 0. The SMILES string of the molecule is C[C@H]1CCc2c(ccc3c2nc(Cc2ccccc2)n3C[C@H]2CCCCN2)N1C(=O)O. The molecule has 2 aliphatic heterocycles. The molecule has 6 heteroatoms. The Balaban J connectivity index is 1.61. The molecule has 2 N–H and O–H groups in total. The minimum atomic E-state index is -0.886. The number of aryl methyl sites for hydroxylation is 1. The summed E-state index contributed by atoms with van der Waals surface area (Å²) < 4.78 is 2.37. The zero-order valence-electron chi connectivity index (χ0n) is 18.1. The van der Waals surface area contributed by atoms with Gasteiger partial charge in [-0.2, -0.15) is 0 Å². The van der Waals surface area contributed by atoms with Gasteiger partial charge in [0, 0.05) is 30.6 Å². The molecular weight excluding hydrogens is 388 g/mol. The molecule has 0 radical (unpaired) electrons. The Morgan fingerprint density at radius 1 is 1.16 bits per heavy atom. The largest absolute Gasteiger partial charge is 0.465 e. The Morgan fingerprint density at radius 2 is 2.00 bits per heavy atom. The summed E-state index contributed by atoms with van der Waals surface area (Å²) >= 11 is 0. The highest BCUT2D eigenvalue weighted by molar-refractivity contribution is 5.94. The lowest BCUT2D eigenvalue weighted by Gasteiger charge is -2.33. The van der Waals surface area contributed by atoms with Crippen LogP contribution in [0, 0.1) is 0 Å². The van der Waals surface area contributed by atoms with Crippen molar-refractivity contribution in [3.05, 3.63) is 59.4 Å². The van der Waals surface area contributed by atoms with Gasteiger partial charge in [0.05, 0.1) is 16.7 Å². The van der Waals surface area contributed by atoms with Crippen LogP contribution in [0.5, 0.6) is 0 Å². The number of imidazole rings is 1. The summed E-state index contributed by atoms with van der Waals surface area (Å²) in [6.45, 7) is 3.96. The van der Waals surface area contributed by atoms with E-state index in [4.69, 9.17) is 4.98 Å². The van der Waals surface area contributed by atoms with Crippen molar-refractivity contribution in [3.63, 3.8) is 0 Å². The molecule has 0 saturated carbocycles. The van der Waals surface area contributed by atoms with Gasteiger partial charge in [0.1, 0.15) is 5.82 Å². The van der Waals surface area contributed by atoms with Crippen molar-refractivity contribution < 1.29 is 9.90 Å². The quantitative estimate of drug-likeness (QED) is 0.650. The third-order valence-corrected chi connectivity index (χ3v) is 6.82.